The number of aryl methyl sites for hydroxylation is 1. The van der Waals surface area contributed by atoms with Gasteiger partial charge in [0.05, 0.1) is 19.1 Å². The number of likely N-dealkylation sites (tertiary alicyclic amines) is 1. The number of rotatable bonds is 6. The van der Waals surface area contributed by atoms with Gasteiger partial charge in [-0.3, -0.25) is 9.59 Å². The molecule has 0 radical (unpaired) electrons. The van der Waals surface area contributed by atoms with Crippen molar-refractivity contribution in [1.82, 2.24) is 9.80 Å². The molecule has 1 aliphatic rings. The highest BCUT2D eigenvalue weighted by Crippen LogP contribution is 2.22. The Morgan fingerprint density at radius 3 is 2.95 bits per heavy atom. The van der Waals surface area contributed by atoms with Gasteiger partial charge in [0.15, 0.2) is 0 Å². The third-order valence-electron chi connectivity index (χ3n) is 4.14. The van der Waals surface area contributed by atoms with Crippen molar-refractivity contribution in [2.24, 2.45) is 5.92 Å². The summed E-state index contributed by atoms with van der Waals surface area (Å²) in [4.78, 5) is 29.3. The molecule has 1 atom stereocenters. The van der Waals surface area contributed by atoms with Gasteiger partial charge in [-0.05, 0) is 30.4 Å². The van der Waals surface area contributed by atoms with Gasteiger partial charge < -0.3 is 14.5 Å². The summed E-state index contributed by atoms with van der Waals surface area (Å²) in [6.07, 6.45) is 1.10. The highest BCUT2D eigenvalue weighted by atomic mass is 32.1. The Morgan fingerprint density at radius 1 is 1.55 bits per heavy atom. The number of nitrogens with zero attached hydrogens (tertiary/aromatic N) is 2. The lowest BCUT2D eigenvalue weighted by Gasteiger charge is -2.33. The van der Waals surface area contributed by atoms with E-state index in [1.54, 1.807) is 28.2 Å². The molecule has 1 saturated heterocycles. The lowest BCUT2D eigenvalue weighted by molar-refractivity contribution is -0.143. The molecular weight excluding hydrogens is 300 g/mol. The molecule has 5 nitrogen and oxygen atoms in total. The van der Waals surface area contributed by atoms with Gasteiger partial charge >= 0.3 is 0 Å². The predicted octanol–water partition coefficient (Wildman–Crippen LogP) is 1.90. The van der Waals surface area contributed by atoms with Gasteiger partial charge in [-0.25, -0.2) is 0 Å². The number of amides is 2. The molecule has 22 heavy (non-hydrogen) atoms. The molecule has 6 heteroatoms. The average molecular weight is 324 g/mol. The zero-order chi connectivity index (χ0) is 16.1. The second-order valence-corrected chi connectivity index (χ2v) is 6.79. The van der Waals surface area contributed by atoms with Crippen LogP contribution in [0.5, 0.6) is 0 Å². The van der Waals surface area contributed by atoms with Gasteiger partial charge in [-0.2, -0.15) is 0 Å². The van der Waals surface area contributed by atoms with Gasteiger partial charge in [0.2, 0.25) is 11.8 Å². The molecule has 122 valence electrons. The van der Waals surface area contributed by atoms with E-state index in [2.05, 4.69) is 18.4 Å². The Bertz CT molecular complexity index is 529. The van der Waals surface area contributed by atoms with Crippen LogP contribution in [0.4, 0.5) is 0 Å². The molecule has 0 spiro atoms. The molecule has 0 saturated carbocycles. The second kappa shape index (κ2) is 7.74. The number of carbonyl (C=O) groups is 2. The average Bonchev–Trinajstić information content (AvgIpc) is 2.91. The summed E-state index contributed by atoms with van der Waals surface area (Å²) in [6, 6.07) is 2.07. The number of ether oxygens (including phenoxy) is 1. The molecule has 0 unspecified atom stereocenters. The van der Waals surface area contributed by atoms with Crippen LogP contribution in [0.25, 0.3) is 0 Å². The number of piperidine rings is 1. The number of thiophene rings is 1. The molecule has 0 N–H and O–H groups in total. The molecule has 1 aliphatic heterocycles. The first-order valence-corrected chi connectivity index (χ1v) is 8.45. The Morgan fingerprint density at radius 2 is 2.32 bits per heavy atom. The van der Waals surface area contributed by atoms with Crippen LogP contribution in [0.2, 0.25) is 0 Å². The van der Waals surface area contributed by atoms with Gasteiger partial charge in [0.1, 0.15) is 0 Å². The number of carbonyl (C=O) groups excluding carboxylic acids is 2. The van der Waals surface area contributed by atoms with E-state index in [1.807, 2.05) is 7.05 Å². The quantitative estimate of drug-likeness (QED) is 0.803. The van der Waals surface area contributed by atoms with Crippen molar-refractivity contribution >= 4 is 23.2 Å². The van der Waals surface area contributed by atoms with Crippen LogP contribution in [0.15, 0.2) is 11.4 Å². The van der Waals surface area contributed by atoms with Crippen molar-refractivity contribution < 1.29 is 14.3 Å². The summed E-state index contributed by atoms with van der Waals surface area (Å²) >= 11 is 1.68. The van der Waals surface area contributed by atoms with Gasteiger partial charge in [0, 0.05) is 38.5 Å². The number of hydrogen-bond donors (Lipinski definition) is 0. The molecule has 0 aliphatic carbocycles. The first kappa shape index (κ1) is 17.0. The molecule has 2 heterocycles. The van der Waals surface area contributed by atoms with E-state index in [0.717, 1.165) is 0 Å². The summed E-state index contributed by atoms with van der Waals surface area (Å²) in [5, 5.41) is 2.05. The highest BCUT2D eigenvalue weighted by molar-refractivity contribution is 7.10. The largest absolute Gasteiger partial charge is 0.383 e. The fourth-order valence-corrected chi connectivity index (χ4v) is 3.66. The van der Waals surface area contributed by atoms with Crippen molar-refractivity contribution in [3.63, 3.8) is 0 Å². The van der Waals surface area contributed by atoms with Crippen LogP contribution >= 0.6 is 11.3 Å². The third-order valence-corrected chi connectivity index (χ3v) is 5.15. The summed E-state index contributed by atoms with van der Waals surface area (Å²) in [7, 11) is 3.46. The maximum atomic E-state index is 12.6. The Hall–Kier alpha value is -1.40. The molecule has 1 aromatic heterocycles. The summed E-state index contributed by atoms with van der Waals surface area (Å²) in [5.74, 6) is 0.153. The molecule has 1 aromatic rings. The van der Waals surface area contributed by atoms with Crippen LogP contribution in [0.1, 0.15) is 23.3 Å². The van der Waals surface area contributed by atoms with Crippen LogP contribution in [-0.4, -0.2) is 55.5 Å². The highest BCUT2D eigenvalue weighted by Gasteiger charge is 2.31. The molecule has 2 rings (SSSR count). The SMILES string of the molecule is COCCN1C[C@@H](C(=O)N(C)Cc2sccc2C)CCC1=O. The topological polar surface area (TPSA) is 49.9 Å². The van der Waals surface area contributed by atoms with Gasteiger partial charge in [-0.15, -0.1) is 11.3 Å². The minimum absolute atomic E-state index is 0.0974. The van der Waals surface area contributed by atoms with E-state index in [-0.39, 0.29) is 17.7 Å². The maximum absolute atomic E-state index is 12.6. The lowest BCUT2D eigenvalue weighted by atomic mass is 9.96. The second-order valence-electron chi connectivity index (χ2n) is 5.79. The van der Waals surface area contributed by atoms with Crippen molar-refractivity contribution in [2.45, 2.75) is 26.3 Å². The number of hydrogen-bond acceptors (Lipinski definition) is 4. The van der Waals surface area contributed by atoms with Crippen LogP contribution in [-0.2, 0) is 20.9 Å². The monoisotopic (exact) mass is 324 g/mol. The Labute approximate surface area is 135 Å². The van der Waals surface area contributed by atoms with E-state index in [9.17, 15) is 9.59 Å². The van der Waals surface area contributed by atoms with E-state index in [1.165, 1.54) is 10.4 Å². The standard InChI is InChI=1S/C16H24N2O3S/c1-12-6-9-22-14(12)11-17(2)16(20)13-4-5-15(19)18(10-13)7-8-21-3/h6,9,13H,4-5,7-8,10-11H2,1-3H3/t13-/m0/s1. The zero-order valence-corrected chi connectivity index (χ0v) is 14.3. The summed E-state index contributed by atoms with van der Waals surface area (Å²) < 4.78 is 5.03. The van der Waals surface area contributed by atoms with Gasteiger partial charge in [0.25, 0.3) is 0 Å². The fraction of sp³-hybridized carbons (Fsp3) is 0.625. The van der Waals surface area contributed by atoms with Crippen LogP contribution in [0.3, 0.4) is 0 Å². The molecule has 0 bridgehead atoms. The number of methoxy groups -OCH3 is 1. The van der Waals surface area contributed by atoms with E-state index < -0.39 is 0 Å². The van der Waals surface area contributed by atoms with Crippen molar-refractivity contribution in [3.05, 3.63) is 21.9 Å². The zero-order valence-electron chi connectivity index (χ0n) is 13.5. The van der Waals surface area contributed by atoms with Crippen molar-refractivity contribution in [2.75, 3.05) is 33.9 Å². The van der Waals surface area contributed by atoms with E-state index in [0.29, 0.717) is 39.1 Å². The minimum atomic E-state index is -0.0974. The van der Waals surface area contributed by atoms with Crippen LogP contribution in [0, 0.1) is 12.8 Å². The summed E-state index contributed by atoms with van der Waals surface area (Å²) in [6.45, 7) is 4.29. The lowest BCUT2D eigenvalue weighted by Crippen LogP contribution is -2.47. The third kappa shape index (κ3) is 4.08. The molecule has 1 fully saturated rings. The van der Waals surface area contributed by atoms with E-state index in [4.69, 9.17) is 4.74 Å². The molecule has 0 aromatic carbocycles. The minimum Gasteiger partial charge on any atom is -0.383 e. The maximum Gasteiger partial charge on any atom is 0.227 e. The molecular formula is C16H24N2O3S. The molecule has 2 amide bonds. The first-order valence-electron chi connectivity index (χ1n) is 7.57. The van der Waals surface area contributed by atoms with E-state index >= 15 is 0 Å². The van der Waals surface area contributed by atoms with Crippen LogP contribution < -0.4 is 0 Å². The smallest absolute Gasteiger partial charge is 0.227 e. The fourth-order valence-electron chi connectivity index (χ4n) is 2.71. The van der Waals surface area contributed by atoms with Gasteiger partial charge in [-0.1, -0.05) is 0 Å². The summed E-state index contributed by atoms with van der Waals surface area (Å²) in [5.41, 5.74) is 1.23. The Balaban J connectivity index is 1.93. The van der Waals surface area contributed by atoms with Crippen molar-refractivity contribution in [3.8, 4) is 0 Å². The Kier molecular flexibility index (Phi) is 5.97. The first-order chi connectivity index (χ1) is 10.5. The predicted molar refractivity (Wildman–Crippen MR) is 86.7 cm³/mol. The van der Waals surface area contributed by atoms with Crippen molar-refractivity contribution in [1.29, 1.82) is 0 Å². The normalized spacial score (nSPS) is 18.6.